The Labute approximate surface area is 119 Å². The molecule has 0 fully saturated rings. The fourth-order valence-electron chi connectivity index (χ4n) is 2.67. The molecular formula is C16H20N2O2. The first-order chi connectivity index (χ1) is 9.74. The van der Waals surface area contributed by atoms with Gasteiger partial charge < -0.3 is 14.5 Å². The van der Waals surface area contributed by atoms with Gasteiger partial charge >= 0.3 is 0 Å². The van der Waals surface area contributed by atoms with Gasteiger partial charge in [-0.3, -0.25) is 0 Å². The molecule has 0 spiro atoms. The largest absolute Gasteiger partial charge is 0.493 e. The van der Waals surface area contributed by atoms with Crippen LogP contribution in [0.25, 0.3) is 0 Å². The van der Waals surface area contributed by atoms with Gasteiger partial charge in [0.2, 0.25) is 5.89 Å². The number of nitrogens with zero attached hydrogens (tertiary/aromatic N) is 1. The van der Waals surface area contributed by atoms with Gasteiger partial charge in [-0.1, -0.05) is 18.2 Å². The molecule has 1 atom stereocenters. The summed E-state index contributed by atoms with van der Waals surface area (Å²) in [7, 11) is 0. The quantitative estimate of drug-likeness (QED) is 0.931. The van der Waals surface area contributed by atoms with Gasteiger partial charge in [-0.2, -0.15) is 0 Å². The number of hydrogen-bond acceptors (Lipinski definition) is 4. The first-order valence-electron chi connectivity index (χ1n) is 7.11. The summed E-state index contributed by atoms with van der Waals surface area (Å²) in [5.41, 5.74) is 2.44. The highest BCUT2D eigenvalue weighted by atomic mass is 16.5. The van der Waals surface area contributed by atoms with Crippen LogP contribution >= 0.6 is 0 Å². The van der Waals surface area contributed by atoms with Crippen LogP contribution in [-0.4, -0.2) is 11.6 Å². The van der Waals surface area contributed by atoms with Crippen molar-refractivity contribution in [1.82, 2.24) is 10.3 Å². The molecule has 1 aromatic heterocycles. The van der Waals surface area contributed by atoms with Gasteiger partial charge in [0, 0.05) is 11.6 Å². The van der Waals surface area contributed by atoms with Gasteiger partial charge in [0.15, 0.2) is 0 Å². The molecule has 1 aliphatic rings. The zero-order valence-electron chi connectivity index (χ0n) is 12.0. The summed E-state index contributed by atoms with van der Waals surface area (Å²) in [4.78, 5) is 4.24. The maximum absolute atomic E-state index is 5.89. The summed E-state index contributed by atoms with van der Waals surface area (Å²) in [6, 6.07) is 6.62. The van der Waals surface area contributed by atoms with Crippen molar-refractivity contribution in [2.45, 2.75) is 39.3 Å². The zero-order chi connectivity index (χ0) is 13.9. The van der Waals surface area contributed by atoms with Crippen molar-refractivity contribution in [1.29, 1.82) is 0 Å². The fraction of sp³-hybridized carbons (Fsp3) is 0.438. The van der Waals surface area contributed by atoms with Crippen LogP contribution in [0.1, 0.15) is 41.7 Å². The fourth-order valence-corrected chi connectivity index (χ4v) is 2.67. The second-order valence-corrected chi connectivity index (χ2v) is 5.28. The van der Waals surface area contributed by atoms with Crippen LogP contribution in [0.5, 0.6) is 5.75 Å². The maximum atomic E-state index is 5.89. The molecule has 1 aromatic carbocycles. The number of hydrogen-bond donors (Lipinski definition) is 1. The summed E-state index contributed by atoms with van der Waals surface area (Å²) in [5.74, 6) is 2.62. The SMILES string of the molecule is Cc1cnc(CNC2CCCOc3c(C)cccc32)o1. The highest BCUT2D eigenvalue weighted by Crippen LogP contribution is 2.34. The summed E-state index contributed by atoms with van der Waals surface area (Å²) in [5, 5.41) is 3.54. The Hall–Kier alpha value is -1.81. The van der Waals surface area contributed by atoms with E-state index in [1.807, 2.05) is 6.92 Å². The number of benzene rings is 1. The molecule has 2 aromatic rings. The number of para-hydroxylation sites is 1. The zero-order valence-corrected chi connectivity index (χ0v) is 12.0. The number of rotatable bonds is 3. The van der Waals surface area contributed by atoms with E-state index in [1.165, 1.54) is 11.1 Å². The Morgan fingerprint density at radius 1 is 1.35 bits per heavy atom. The topological polar surface area (TPSA) is 47.3 Å². The van der Waals surface area contributed by atoms with Crippen molar-refractivity contribution in [3.8, 4) is 5.75 Å². The first kappa shape index (κ1) is 13.2. The first-order valence-corrected chi connectivity index (χ1v) is 7.11. The Kier molecular flexibility index (Phi) is 3.74. The van der Waals surface area contributed by atoms with E-state index in [1.54, 1.807) is 6.20 Å². The number of ether oxygens (including phenoxy) is 1. The van der Waals surface area contributed by atoms with Gasteiger partial charge in [-0.05, 0) is 32.3 Å². The predicted molar refractivity (Wildman–Crippen MR) is 76.7 cm³/mol. The summed E-state index contributed by atoms with van der Waals surface area (Å²) in [6.07, 6.45) is 3.87. The van der Waals surface area contributed by atoms with Crippen LogP contribution in [0, 0.1) is 13.8 Å². The number of aryl methyl sites for hydroxylation is 2. The molecule has 20 heavy (non-hydrogen) atoms. The predicted octanol–water partition coefficient (Wildman–Crippen LogP) is 3.29. The third-order valence-electron chi connectivity index (χ3n) is 3.67. The van der Waals surface area contributed by atoms with Crippen LogP contribution in [0.2, 0.25) is 0 Å². The molecule has 0 radical (unpaired) electrons. The second-order valence-electron chi connectivity index (χ2n) is 5.28. The van der Waals surface area contributed by atoms with Crippen molar-refractivity contribution < 1.29 is 9.15 Å². The van der Waals surface area contributed by atoms with Crippen molar-refractivity contribution in [3.63, 3.8) is 0 Å². The Morgan fingerprint density at radius 3 is 3.05 bits per heavy atom. The van der Waals surface area contributed by atoms with Crippen molar-refractivity contribution in [2.24, 2.45) is 0 Å². The van der Waals surface area contributed by atoms with Crippen LogP contribution < -0.4 is 10.1 Å². The highest BCUT2D eigenvalue weighted by Gasteiger charge is 2.20. The van der Waals surface area contributed by atoms with E-state index in [2.05, 4.69) is 35.4 Å². The lowest BCUT2D eigenvalue weighted by Crippen LogP contribution is -2.20. The van der Waals surface area contributed by atoms with E-state index < -0.39 is 0 Å². The van der Waals surface area contributed by atoms with Crippen LogP contribution in [0.15, 0.2) is 28.8 Å². The average Bonchev–Trinajstić information content (AvgIpc) is 2.73. The molecule has 3 rings (SSSR count). The molecule has 1 aliphatic heterocycles. The molecule has 0 aliphatic carbocycles. The minimum absolute atomic E-state index is 0.291. The molecule has 1 unspecified atom stereocenters. The molecule has 2 heterocycles. The molecule has 0 bridgehead atoms. The molecule has 0 saturated carbocycles. The lowest BCUT2D eigenvalue weighted by Gasteiger charge is -2.18. The molecular weight excluding hydrogens is 252 g/mol. The Morgan fingerprint density at radius 2 is 2.25 bits per heavy atom. The second kappa shape index (κ2) is 5.67. The standard InChI is InChI=1S/C16H20N2O2/c1-11-5-3-6-13-14(7-4-8-19-16(11)13)17-10-15-18-9-12(2)20-15/h3,5-6,9,14,17H,4,7-8,10H2,1-2H3. The molecule has 4 nitrogen and oxygen atoms in total. The number of oxazole rings is 1. The van der Waals surface area contributed by atoms with Gasteiger partial charge in [-0.25, -0.2) is 4.98 Å². The lowest BCUT2D eigenvalue weighted by atomic mass is 10.00. The lowest BCUT2D eigenvalue weighted by molar-refractivity contribution is 0.313. The van der Waals surface area contributed by atoms with Crippen LogP contribution in [0.3, 0.4) is 0 Å². The number of fused-ring (bicyclic) bond motifs is 1. The minimum Gasteiger partial charge on any atom is -0.493 e. The summed E-state index contributed by atoms with van der Waals surface area (Å²) < 4.78 is 11.4. The minimum atomic E-state index is 0.291. The smallest absolute Gasteiger partial charge is 0.208 e. The molecule has 0 saturated heterocycles. The Bertz CT molecular complexity index is 592. The van der Waals surface area contributed by atoms with Crippen LogP contribution in [0.4, 0.5) is 0 Å². The monoisotopic (exact) mass is 272 g/mol. The van der Waals surface area contributed by atoms with Gasteiger partial charge in [0.05, 0.1) is 19.3 Å². The normalized spacial score (nSPS) is 18.2. The van der Waals surface area contributed by atoms with Crippen LogP contribution in [-0.2, 0) is 6.54 Å². The van der Waals surface area contributed by atoms with E-state index >= 15 is 0 Å². The van der Waals surface area contributed by atoms with Gasteiger partial charge in [-0.15, -0.1) is 0 Å². The number of aromatic nitrogens is 1. The third-order valence-corrected chi connectivity index (χ3v) is 3.67. The van der Waals surface area contributed by atoms with E-state index in [-0.39, 0.29) is 0 Å². The number of nitrogens with one attached hydrogen (secondary N) is 1. The van der Waals surface area contributed by atoms with Crippen molar-refractivity contribution in [2.75, 3.05) is 6.61 Å². The molecule has 106 valence electrons. The Balaban J connectivity index is 1.78. The van der Waals surface area contributed by atoms with E-state index in [0.717, 1.165) is 36.8 Å². The maximum Gasteiger partial charge on any atom is 0.208 e. The van der Waals surface area contributed by atoms with Crippen molar-refractivity contribution >= 4 is 0 Å². The highest BCUT2D eigenvalue weighted by molar-refractivity contribution is 5.43. The van der Waals surface area contributed by atoms with Gasteiger partial charge in [0.1, 0.15) is 11.5 Å². The summed E-state index contributed by atoms with van der Waals surface area (Å²) in [6.45, 7) is 5.44. The average molecular weight is 272 g/mol. The van der Waals surface area contributed by atoms with E-state index in [0.29, 0.717) is 12.6 Å². The van der Waals surface area contributed by atoms with E-state index in [9.17, 15) is 0 Å². The van der Waals surface area contributed by atoms with Gasteiger partial charge in [0.25, 0.3) is 0 Å². The van der Waals surface area contributed by atoms with E-state index in [4.69, 9.17) is 9.15 Å². The molecule has 0 amide bonds. The third kappa shape index (κ3) is 2.70. The molecule has 1 N–H and O–H groups in total. The summed E-state index contributed by atoms with van der Waals surface area (Å²) >= 11 is 0. The van der Waals surface area contributed by atoms with Crippen molar-refractivity contribution in [3.05, 3.63) is 47.2 Å². The molecule has 4 heteroatoms.